The number of nitrogens with one attached hydrogen (secondary N) is 1. The van der Waals surface area contributed by atoms with Gasteiger partial charge in [-0.25, -0.2) is 19.3 Å². The predicted octanol–water partition coefficient (Wildman–Crippen LogP) is 4.62. The number of rotatable bonds is 8. The number of aromatic nitrogens is 4. The number of para-hydroxylation sites is 2. The number of nitrogens with zero attached hydrogens (tertiary/aromatic N) is 5. The van der Waals surface area contributed by atoms with Crippen LogP contribution >= 0.6 is 11.6 Å². The molecule has 1 fully saturated rings. The predicted molar refractivity (Wildman–Crippen MR) is 138 cm³/mol. The summed E-state index contributed by atoms with van der Waals surface area (Å²) in [6.07, 6.45) is 4.61. The fraction of sp³-hybridized carbons (Fsp3) is 0.346. The number of piperidine rings is 1. The van der Waals surface area contributed by atoms with E-state index >= 15 is 0 Å². The normalized spacial score (nSPS) is 15.0. The monoisotopic (exact) mass is 493 g/mol. The number of hydrogen-bond donors (Lipinski definition) is 2. The minimum Gasteiger partial charge on any atom is -0.393 e. The highest BCUT2D eigenvalue weighted by molar-refractivity contribution is 6.32. The summed E-state index contributed by atoms with van der Waals surface area (Å²) in [6, 6.07) is 15.0. The molecule has 0 radical (unpaired) electrons. The van der Waals surface area contributed by atoms with Crippen molar-refractivity contribution in [2.75, 3.05) is 37.2 Å². The number of hydrogen-bond acceptors (Lipinski definition) is 6. The lowest BCUT2D eigenvalue weighted by atomic mass is 9.93. The number of nitrogens with two attached hydrogens (primary N) is 1. The Morgan fingerprint density at radius 1 is 1.06 bits per heavy atom. The molecule has 0 unspecified atom stereocenters. The molecule has 1 aliphatic heterocycles. The van der Waals surface area contributed by atoms with Crippen LogP contribution in [0.5, 0.6) is 0 Å². The molecular formula is C26H29ClFN7. The van der Waals surface area contributed by atoms with E-state index in [-0.39, 0.29) is 11.0 Å². The molecule has 0 saturated carbocycles. The molecule has 0 bridgehead atoms. The third kappa shape index (κ3) is 5.55. The molecule has 0 atom stereocenters. The van der Waals surface area contributed by atoms with Crippen LogP contribution in [0.25, 0.3) is 11.0 Å². The maximum absolute atomic E-state index is 13.4. The van der Waals surface area contributed by atoms with Crippen molar-refractivity contribution in [1.29, 1.82) is 0 Å². The van der Waals surface area contributed by atoms with Crippen molar-refractivity contribution in [1.82, 2.24) is 24.4 Å². The van der Waals surface area contributed by atoms with Crippen molar-refractivity contribution < 1.29 is 4.39 Å². The highest BCUT2D eigenvalue weighted by Crippen LogP contribution is 2.26. The molecule has 0 amide bonds. The van der Waals surface area contributed by atoms with Crippen LogP contribution in [0.15, 0.2) is 54.9 Å². The number of anilines is 2. The third-order valence-corrected chi connectivity index (χ3v) is 7.02. The first-order valence-electron chi connectivity index (χ1n) is 12.0. The first-order chi connectivity index (χ1) is 17.1. The first-order valence-corrected chi connectivity index (χ1v) is 12.4. The topological polar surface area (TPSA) is 84.9 Å². The molecule has 9 heteroatoms. The van der Waals surface area contributed by atoms with Gasteiger partial charge in [-0.15, -0.1) is 0 Å². The average molecular weight is 494 g/mol. The summed E-state index contributed by atoms with van der Waals surface area (Å²) in [7, 11) is 0. The number of imidazole rings is 1. The number of halogens is 2. The molecule has 3 N–H and O–H groups in total. The van der Waals surface area contributed by atoms with Crippen molar-refractivity contribution in [3.63, 3.8) is 0 Å². The highest BCUT2D eigenvalue weighted by Gasteiger charge is 2.22. The van der Waals surface area contributed by atoms with E-state index in [2.05, 4.69) is 36.9 Å². The smallest absolute Gasteiger partial charge is 0.157 e. The van der Waals surface area contributed by atoms with Crippen molar-refractivity contribution in [2.45, 2.75) is 25.8 Å². The van der Waals surface area contributed by atoms with Gasteiger partial charge in [-0.1, -0.05) is 35.9 Å². The molecule has 182 valence electrons. The summed E-state index contributed by atoms with van der Waals surface area (Å²) in [6.45, 7) is 4.44. The lowest BCUT2D eigenvalue weighted by Gasteiger charge is -2.32. The summed E-state index contributed by atoms with van der Waals surface area (Å²) in [5.74, 6) is 2.06. The molecule has 7 nitrogen and oxygen atoms in total. The van der Waals surface area contributed by atoms with E-state index < -0.39 is 0 Å². The number of fused-ring (bicyclic) bond motifs is 1. The third-order valence-electron chi connectivity index (χ3n) is 6.72. The second-order valence-corrected chi connectivity index (χ2v) is 9.43. The van der Waals surface area contributed by atoms with E-state index in [1.54, 1.807) is 0 Å². The molecular weight excluding hydrogens is 465 g/mol. The number of nitrogen functional groups attached to an aromatic ring is 1. The SMILES string of the molecule is Nc1c(Cl)ncnc1NCCN1CCC(Cc2nc3ccccc3n2Cc2ccc(F)cc2)CC1. The van der Waals surface area contributed by atoms with Gasteiger partial charge in [-0.2, -0.15) is 0 Å². The maximum atomic E-state index is 13.4. The van der Waals surface area contributed by atoms with Crippen LogP contribution in [0.3, 0.4) is 0 Å². The van der Waals surface area contributed by atoms with Crippen molar-refractivity contribution in [3.8, 4) is 0 Å². The minimum absolute atomic E-state index is 0.212. The summed E-state index contributed by atoms with van der Waals surface area (Å²) >= 11 is 5.96. The van der Waals surface area contributed by atoms with Crippen LogP contribution in [0, 0.1) is 11.7 Å². The maximum Gasteiger partial charge on any atom is 0.157 e. The molecule has 1 saturated heterocycles. The van der Waals surface area contributed by atoms with Crippen LogP contribution in [-0.2, 0) is 13.0 Å². The molecule has 35 heavy (non-hydrogen) atoms. The number of benzene rings is 2. The van der Waals surface area contributed by atoms with Crippen LogP contribution in [0.2, 0.25) is 5.15 Å². The quantitative estimate of drug-likeness (QED) is 0.348. The van der Waals surface area contributed by atoms with Crippen molar-refractivity contribution >= 4 is 34.1 Å². The zero-order chi connectivity index (χ0) is 24.2. The van der Waals surface area contributed by atoms with Gasteiger partial charge in [0.2, 0.25) is 0 Å². The van der Waals surface area contributed by atoms with Gasteiger partial charge in [0, 0.05) is 26.1 Å². The van der Waals surface area contributed by atoms with E-state index in [4.69, 9.17) is 22.3 Å². The molecule has 0 aliphatic carbocycles. The van der Waals surface area contributed by atoms with Gasteiger partial charge in [-0.05, 0) is 61.7 Å². The molecule has 0 spiro atoms. The first kappa shape index (κ1) is 23.5. The van der Waals surface area contributed by atoms with Gasteiger partial charge in [0.15, 0.2) is 11.0 Å². The van der Waals surface area contributed by atoms with E-state index in [0.29, 0.717) is 24.0 Å². The standard InChI is InChI=1S/C26H29ClFN7/c27-25-24(29)26(32-17-31-25)30-11-14-34-12-9-18(10-13-34)15-23-33-21-3-1-2-4-22(21)35(23)16-19-5-7-20(28)8-6-19/h1-8,17-18H,9-16,29H2,(H,30,31,32). The van der Waals surface area contributed by atoms with Gasteiger partial charge in [0.25, 0.3) is 0 Å². The number of likely N-dealkylation sites (tertiary alicyclic amines) is 1. The zero-order valence-electron chi connectivity index (χ0n) is 19.5. The summed E-state index contributed by atoms with van der Waals surface area (Å²) in [5, 5.41) is 3.53. The lowest BCUT2D eigenvalue weighted by molar-refractivity contribution is 0.188. The van der Waals surface area contributed by atoms with Crippen LogP contribution < -0.4 is 11.1 Å². The van der Waals surface area contributed by atoms with Crippen LogP contribution in [0.1, 0.15) is 24.2 Å². The van der Waals surface area contributed by atoms with E-state index in [0.717, 1.165) is 67.9 Å². The van der Waals surface area contributed by atoms with Gasteiger partial charge >= 0.3 is 0 Å². The highest BCUT2D eigenvalue weighted by atomic mass is 35.5. The Morgan fingerprint density at radius 3 is 2.63 bits per heavy atom. The van der Waals surface area contributed by atoms with E-state index in [1.165, 1.54) is 18.5 Å². The van der Waals surface area contributed by atoms with E-state index in [9.17, 15) is 4.39 Å². The Kier molecular flexibility index (Phi) is 7.11. The Morgan fingerprint density at radius 2 is 1.83 bits per heavy atom. The zero-order valence-corrected chi connectivity index (χ0v) is 20.3. The van der Waals surface area contributed by atoms with Gasteiger partial charge in [0.05, 0.1) is 11.0 Å². The minimum atomic E-state index is -0.212. The molecule has 4 aromatic rings. The van der Waals surface area contributed by atoms with Crippen molar-refractivity contribution in [3.05, 3.63) is 77.2 Å². The van der Waals surface area contributed by atoms with E-state index in [1.807, 2.05) is 24.3 Å². The molecule has 5 rings (SSSR count). The molecule has 1 aliphatic rings. The summed E-state index contributed by atoms with van der Waals surface area (Å²) < 4.78 is 15.7. The van der Waals surface area contributed by atoms with Gasteiger partial charge in [-0.3, -0.25) is 0 Å². The Labute approximate surface area is 209 Å². The Bertz CT molecular complexity index is 1280. The second-order valence-electron chi connectivity index (χ2n) is 9.07. The second kappa shape index (κ2) is 10.6. The van der Waals surface area contributed by atoms with Crippen molar-refractivity contribution in [2.24, 2.45) is 5.92 Å². The average Bonchev–Trinajstić information content (AvgIpc) is 3.21. The summed E-state index contributed by atoms with van der Waals surface area (Å²) in [4.78, 5) is 15.5. The van der Waals surface area contributed by atoms with Crippen LogP contribution in [0.4, 0.5) is 15.9 Å². The summed E-state index contributed by atoms with van der Waals surface area (Å²) in [5.41, 5.74) is 9.53. The largest absolute Gasteiger partial charge is 0.393 e. The fourth-order valence-corrected chi connectivity index (χ4v) is 4.88. The molecule has 2 aromatic carbocycles. The van der Waals surface area contributed by atoms with Crippen LogP contribution in [-0.4, -0.2) is 50.6 Å². The molecule has 2 aromatic heterocycles. The van der Waals surface area contributed by atoms with Gasteiger partial charge in [0.1, 0.15) is 23.7 Å². The molecule has 3 heterocycles. The fourth-order valence-electron chi connectivity index (χ4n) is 4.75. The Hall–Kier alpha value is -3.23. The Balaban J connectivity index is 1.19. The lowest BCUT2D eigenvalue weighted by Crippen LogP contribution is -2.37. The van der Waals surface area contributed by atoms with Gasteiger partial charge < -0.3 is 20.5 Å².